The summed E-state index contributed by atoms with van der Waals surface area (Å²) in [6, 6.07) is -0.0142. The Morgan fingerprint density at radius 3 is 2.68 bits per heavy atom. The summed E-state index contributed by atoms with van der Waals surface area (Å²) in [6.07, 6.45) is 6.42. The molecule has 0 aliphatic carbocycles. The fourth-order valence-electron chi connectivity index (χ4n) is 1.99. The van der Waals surface area contributed by atoms with Gasteiger partial charge in [-0.05, 0) is 19.9 Å². The molecular formula is C13H20N6. The van der Waals surface area contributed by atoms with E-state index in [9.17, 15) is 0 Å². The molecule has 2 rings (SSSR count). The van der Waals surface area contributed by atoms with E-state index < -0.39 is 0 Å². The van der Waals surface area contributed by atoms with Crippen molar-refractivity contribution in [3.05, 3.63) is 35.7 Å². The van der Waals surface area contributed by atoms with Gasteiger partial charge in [-0.15, -0.1) is 5.10 Å². The minimum absolute atomic E-state index is 0.0142. The van der Waals surface area contributed by atoms with Crippen LogP contribution < -0.4 is 5.32 Å². The maximum Gasteiger partial charge on any atom is 0.0954 e. The SMILES string of the molecule is CCCn1nncc1C(NCC)c1cnc(C)cn1. The second-order valence-corrected chi connectivity index (χ2v) is 4.46. The predicted molar refractivity (Wildman–Crippen MR) is 72.6 cm³/mol. The van der Waals surface area contributed by atoms with Crippen LogP contribution in [0.25, 0.3) is 0 Å². The Morgan fingerprint density at radius 1 is 1.21 bits per heavy atom. The van der Waals surface area contributed by atoms with Crippen molar-refractivity contribution in [3.8, 4) is 0 Å². The van der Waals surface area contributed by atoms with Gasteiger partial charge in [0, 0.05) is 12.7 Å². The molecule has 0 saturated heterocycles. The monoisotopic (exact) mass is 260 g/mol. The van der Waals surface area contributed by atoms with Crippen LogP contribution in [0.5, 0.6) is 0 Å². The number of aromatic nitrogens is 5. The first-order chi connectivity index (χ1) is 9.26. The topological polar surface area (TPSA) is 68.5 Å². The van der Waals surface area contributed by atoms with E-state index in [4.69, 9.17) is 0 Å². The number of rotatable bonds is 6. The second kappa shape index (κ2) is 6.38. The zero-order valence-electron chi connectivity index (χ0n) is 11.7. The predicted octanol–water partition coefficient (Wildman–Crippen LogP) is 1.49. The van der Waals surface area contributed by atoms with Gasteiger partial charge in [0.05, 0.1) is 35.5 Å². The molecule has 1 N–H and O–H groups in total. The average molecular weight is 260 g/mol. The van der Waals surface area contributed by atoms with E-state index in [1.54, 1.807) is 12.4 Å². The summed E-state index contributed by atoms with van der Waals surface area (Å²) in [7, 11) is 0. The molecule has 1 unspecified atom stereocenters. The minimum atomic E-state index is -0.0142. The Morgan fingerprint density at radius 2 is 2.05 bits per heavy atom. The van der Waals surface area contributed by atoms with Gasteiger partial charge in [0.15, 0.2) is 0 Å². The van der Waals surface area contributed by atoms with Gasteiger partial charge in [-0.25, -0.2) is 4.68 Å². The van der Waals surface area contributed by atoms with Crippen molar-refractivity contribution < 1.29 is 0 Å². The standard InChI is InChI=1S/C13H20N6/c1-4-6-19-12(9-17-18-19)13(14-5-2)11-8-15-10(3)7-16-11/h7-9,13-14H,4-6H2,1-3H3. The number of nitrogens with one attached hydrogen (secondary N) is 1. The molecule has 0 spiro atoms. The van der Waals surface area contributed by atoms with Gasteiger partial charge >= 0.3 is 0 Å². The van der Waals surface area contributed by atoms with E-state index in [0.717, 1.165) is 36.6 Å². The highest BCUT2D eigenvalue weighted by Gasteiger charge is 2.19. The van der Waals surface area contributed by atoms with E-state index in [1.807, 2.05) is 17.8 Å². The molecule has 0 aromatic carbocycles. The van der Waals surface area contributed by atoms with Gasteiger partial charge in [-0.1, -0.05) is 19.1 Å². The van der Waals surface area contributed by atoms with Gasteiger partial charge in [0.1, 0.15) is 0 Å². The minimum Gasteiger partial charge on any atom is -0.304 e. The Kier molecular flexibility index (Phi) is 4.57. The zero-order chi connectivity index (χ0) is 13.7. The molecule has 0 radical (unpaired) electrons. The Hall–Kier alpha value is -1.82. The number of nitrogens with zero attached hydrogens (tertiary/aromatic N) is 5. The van der Waals surface area contributed by atoms with Crippen molar-refractivity contribution in [2.45, 2.75) is 39.8 Å². The van der Waals surface area contributed by atoms with Crippen LogP contribution in [0.15, 0.2) is 18.6 Å². The van der Waals surface area contributed by atoms with Crippen LogP contribution in [0.4, 0.5) is 0 Å². The van der Waals surface area contributed by atoms with Gasteiger partial charge in [-0.3, -0.25) is 9.97 Å². The van der Waals surface area contributed by atoms with Crippen molar-refractivity contribution in [2.24, 2.45) is 0 Å². The molecule has 0 bridgehead atoms. The van der Waals surface area contributed by atoms with E-state index in [2.05, 4.69) is 39.4 Å². The molecule has 102 valence electrons. The Bertz CT molecular complexity index is 504. The third kappa shape index (κ3) is 3.14. The van der Waals surface area contributed by atoms with Gasteiger partial charge < -0.3 is 5.32 Å². The zero-order valence-corrected chi connectivity index (χ0v) is 11.7. The first kappa shape index (κ1) is 13.6. The van der Waals surface area contributed by atoms with E-state index in [-0.39, 0.29) is 6.04 Å². The summed E-state index contributed by atoms with van der Waals surface area (Å²) in [5, 5.41) is 11.6. The fourth-order valence-corrected chi connectivity index (χ4v) is 1.99. The molecular weight excluding hydrogens is 240 g/mol. The molecule has 6 heteroatoms. The molecule has 2 heterocycles. The first-order valence-corrected chi connectivity index (χ1v) is 6.66. The lowest BCUT2D eigenvalue weighted by atomic mass is 10.1. The molecule has 0 fully saturated rings. The second-order valence-electron chi connectivity index (χ2n) is 4.46. The number of aryl methyl sites for hydroxylation is 2. The van der Waals surface area contributed by atoms with Crippen molar-refractivity contribution in [2.75, 3.05) is 6.54 Å². The summed E-state index contributed by atoms with van der Waals surface area (Å²) in [5.41, 5.74) is 2.84. The highest BCUT2D eigenvalue weighted by atomic mass is 15.4. The summed E-state index contributed by atoms with van der Waals surface area (Å²) >= 11 is 0. The van der Waals surface area contributed by atoms with Gasteiger partial charge in [0.2, 0.25) is 0 Å². The lowest BCUT2D eigenvalue weighted by molar-refractivity contribution is 0.505. The van der Waals surface area contributed by atoms with Crippen molar-refractivity contribution in [1.29, 1.82) is 0 Å². The highest BCUT2D eigenvalue weighted by molar-refractivity contribution is 5.18. The summed E-state index contributed by atoms with van der Waals surface area (Å²) in [6.45, 7) is 7.83. The van der Waals surface area contributed by atoms with Crippen molar-refractivity contribution in [3.63, 3.8) is 0 Å². The van der Waals surface area contributed by atoms with E-state index >= 15 is 0 Å². The molecule has 0 amide bonds. The molecule has 2 aromatic rings. The number of hydrogen-bond donors (Lipinski definition) is 1. The third-order valence-electron chi connectivity index (χ3n) is 2.88. The normalized spacial score (nSPS) is 12.6. The lowest BCUT2D eigenvalue weighted by Crippen LogP contribution is -2.26. The molecule has 0 aliphatic rings. The van der Waals surface area contributed by atoms with Crippen LogP contribution in [0.1, 0.15) is 43.4 Å². The van der Waals surface area contributed by atoms with Crippen LogP contribution >= 0.6 is 0 Å². The average Bonchev–Trinajstić information content (AvgIpc) is 2.86. The highest BCUT2D eigenvalue weighted by Crippen LogP contribution is 2.19. The Balaban J connectivity index is 2.33. The van der Waals surface area contributed by atoms with E-state index in [0.29, 0.717) is 0 Å². The van der Waals surface area contributed by atoms with Gasteiger partial charge in [0.25, 0.3) is 0 Å². The maximum atomic E-state index is 4.46. The summed E-state index contributed by atoms with van der Waals surface area (Å²) in [4.78, 5) is 8.78. The van der Waals surface area contributed by atoms with Crippen LogP contribution in [-0.4, -0.2) is 31.5 Å². The molecule has 0 saturated carbocycles. The number of hydrogen-bond acceptors (Lipinski definition) is 5. The lowest BCUT2D eigenvalue weighted by Gasteiger charge is -2.17. The fraction of sp³-hybridized carbons (Fsp3) is 0.538. The van der Waals surface area contributed by atoms with Crippen LogP contribution in [0.3, 0.4) is 0 Å². The molecule has 1 atom stereocenters. The van der Waals surface area contributed by atoms with Crippen molar-refractivity contribution >= 4 is 0 Å². The van der Waals surface area contributed by atoms with Crippen LogP contribution in [-0.2, 0) is 6.54 Å². The summed E-state index contributed by atoms with van der Waals surface area (Å²) < 4.78 is 1.93. The largest absolute Gasteiger partial charge is 0.304 e. The molecule has 6 nitrogen and oxygen atoms in total. The van der Waals surface area contributed by atoms with Crippen molar-refractivity contribution in [1.82, 2.24) is 30.3 Å². The van der Waals surface area contributed by atoms with Crippen LogP contribution in [0, 0.1) is 6.92 Å². The van der Waals surface area contributed by atoms with E-state index in [1.165, 1.54) is 0 Å². The maximum absolute atomic E-state index is 4.46. The first-order valence-electron chi connectivity index (χ1n) is 6.66. The Labute approximate surface area is 113 Å². The van der Waals surface area contributed by atoms with Crippen LogP contribution in [0.2, 0.25) is 0 Å². The smallest absolute Gasteiger partial charge is 0.0954 e. The third-order valence-corrected chi connectivity index (χ3v) is 2.88. The molecule has 0 aliphatic heterocycles. The van der Waals surface area contributed by atoms with Gasteiger partial charge in [-0.2, -0.15) is 0 Å². The summed E-state index contributed by atoms with van der Waals surface area (Å²) in [5.74, 6) is 0. The quantitative estimate of drug-likeness (QED) is 0.852. The molecule has 2 aromatic heterocycles. The molecule has 19 heavy (non-hydrogen) atoms.